The second-order valence-electron chi connectivity index (χ2n) is 5.76. The molecule has 0 aliphatic carbocycles. The summed E-state index contributed by atoms with van der Waals surface area (Å²) in [5.74, 6) is 0.765. The number of hydrogen-bond donors (Lipinski definition) is 1. The molecule has 0 atom stereocenters. The van der Waals surface area contributed by atoms with Crippen molar-refractivity contribution in [3.63, 3.8) is 0 Å². The lowest BCUT2D eigenvalue weighted by molar-refractivity contribution is -0.120. The number of benzene rings is 2. The van der Waals surface area contributed by atoms with Crippen LogP contribution in [0.25, 0.3) is 5.69 Å². The van der Waals surface area contributed by atoms with Gasteiger partial charge in [-0.3, -0.25) is 4.79 Å². The maximum Gasteiger partial charge on any atom is 0.220 e. The van der Waals surface area contributed by atoms with Crippen molar-refractivity contribution in [3.8, 4) is 5.69 Å². The van der Waals surface area contributed by atoms with Gasteiger partial charge in [-0.05, 0) is 36.2 Å². The average molecular weight is 386 g/mol. The minimum absolute atomic E-state index is 0.0556. The predicted octanol–water partition coefficient (Wildman–Crippen LogP) is 4.37. The number of para-hydroxylation sites is 1. The van der Waals surface area contributed by atoms with E-state index in [-0.39, 0.29) is 5.91 Å². The number of thioether (sulfide) groups is 1. The fourth-order valence-electron chi connectivity index (χ4n) is 2.46. The highest BCUT2D eigenvalue weighted by atomic mass is 35.5. The monoisotopic (exact) mass is 385 g/mol. The number of nitrogens with zero attached hydrogens (tertiary/aromatic N) is 2. The molecule has 0 bridgehead atoms. The normalized spacial score (nSPS) is 10.7. The van der Waals surface area contributed by atoms with Gasteiger partial charge in [0.1, 0.15) is 0 Å². The minimum Gasteiger partial charge on any atom is -0.356 e. The summed E-state index contributed by atoms with van der Waals surface area (Å²) in [6.07, 6.45) is 5.07. The summed E-state index contributed by atoms with van der Waals surface area (Å²) >= 11 is 7.71. The molecule has 0 aliphatic heterocycles. The van der Waals surface area contributed by atoms with Gasteiger partial charge in [-0.15, -0.1) is 11.8 Å². The van der Waals surface area contributed by atoms with Crippen LogP contribution < -0.4 is 5.32 Å². The lowest BCUT2D eigenvalue weighted by atomic mass is 10.2. The first-order valence-electron chi connectivity index (χ1n) is 8.45. The third kappa shape index (κ3) is 5.38. The molecular weight excluding hydrogens is 366 g/mol. The van der Waals surface area contributed by atoms with Crippen LogP contribution in [-0.2, 0) is 11.2 Å². The molecule has 1 aromatic heterocycles. The van der Waals surface area contributed by atoms with Crippen molar-refractivity contribution in [2.24, 2.45) is 0 Å². The Morgan fingerprint density at radius 1 is 1.12 bits per heavy atom. The molecule has 134 valence electrons. The first-order chi connectivity index (χ1) is 12.7. The Bertz CT molecular complexity index is 851. The summed E-state index contributed by atoms with van der Waals surface area (Å²) < 4.78 is 1.84. The van der Waals surface area contributed by atoms with Gasteiger partial charge in [0.2, 0.25) is 5.91 Å². The Morgan fingerprint density at radius 2 is 1.88 bits per heavy atom. The van der Waals surface area contributed by atoms with E-state index in [2.05, 4.69) is 10.4 Å². The van der Waals surface area contributed by atoms with E-state index >= 15 is 0 Å². The van der Waals surface area contributed by atoms with Crippen LogP contribution in [0.15, 0.2) is 71.9 Å². The average Bonchev–Trinajstić information content (AvgIpc) is 3.13. The Morgan fingerprint density at radius 3 is 2.69 bits per heavy atom. The molecule has 0 radical (unpaired) electrons. The third-order valence-corrected chi connectivity index (χ3v) is 5.33. The largest absolute Gasteiger partial charge is 0.356 e. The van der Waals surface area contributed by atoms with Crippen molar-refractivity contribution in [3.05, 3.63) is 77.6 Å². The van der Waals surface area contributed by atoms with Gasteiger partial charge in [-0.1, -0.05) is 41.9 Å². The summed E-state index contributed by atoms with van der Waals surface area (Å²) in [5, 5.41) is 8.05. The molecular formula is C20H20ClN3OS. The minimum atomic E-state index is 0.0556. The van der Waals surface area contributed by atoms with E-state index < -0.39 is 0 Å². The van der Waals surface area contributed by atoms with Crippen LogP contribution in [0.2, 0.25) is 5.02 Å². The van der Waals surface area contributed by atoms with E-state index in [0.717, 1.165) is 27.6 Å². The van der Waals surface area contributed by atoms with Gasteiger partial charge < -0.3 is 5.32 Å². The zero-order chi connectivity index (χ0) is 18.2. The molecule has 0 saturated heterocycles. The molecule has 26 heavy (non-hydrogen) atoms. The van der Waals surface area contributed by atoms with Crippen molar-refractivity contribution in [1.82, 2.24) is 15.1 Å². The topological polar surface area (TPSA) is 46.9 Å². The highest BCUT2D eigenvalue weighted by molar-refractivity contribution is 7.99. The summed E-state index contributed by atoms with van der Waals surface area (Å²) in [6.45, 7) is 0.607. The molecule has 0 fully saturated rings. The second-order valence-corrected chi connectivity index (χ2v) is 7.30. The zero-order valence-electron chi connectivity index (χ0n) is 14.3. The van der Waals surface area contributed by atoms with Crippen molar-refractivity contribution in [1.29, 1.82) is 0 Å². The van der Waals surface area contributed by atoms with Crippen LogP contribution in [-0.4, -0.2) is 28.0 Å². The van der Waals surface area contributed by atoms with E-state index in [1.807, 2.05) is 71.7 Å². The molecule has 3 rings (SSSR count). The fraction of sp³-hybridized carbons (Fsp3) is 0.200. The van der Waals surface area contributed by atoms with Crippen molar-refractivity contribution >= 4 is 29.3 Å². The Balaban J connectivity index is 1.38. The lowest BCUT2D eigenvalue weighted by Crippen LogP contribution is -2.25. The second kappa shape index (κ2) is 9.46. The number of carbonyl (C=O) groups is 1. The van der Waals surface area contributed by atoms with Crippen molar-refractivity contribution in [2.75, 3.05) is 12.3 Å². The summed E-state index contributed by atoms with van der Waals surface area (Å²) in [5.41, 5.74) is 2.12. The summed E-state index contributed by atoms with van der Waals surface area (Å²) in [7, 11) is 0. The molecule has 1 N–H and O–H groups in total. The molecule has 6 heteroatoms. The van der Waals surface area contributed by atoms with Gasteiger partial charge in [0, 0.05) is 29.8 Å². The van der Waals surface area contributed by atoms with Crippen molar-refractivity contribution in [2.45, 2.75) is 17.7 Å². The van der Waals surface area contributed by atoms with Gasteiger partial charge in [0.25, 0.3) is 0 Å². The van der Waals surface area contributed by atoms with E-state index in [9.17, 15) is 4.79 Å². The molecule has 4 nitrogen and oxygen atoms in total. The van der Waals surface area contributed by atoms with E-state index in [1.165, 1.54) is 0 Å². The van der Waals surface area contributed by atoms with Gasteiger partial charge in [-0.25, -0.2) is 4.68 Å². The number of hydrogen-bond acceptors (Lipinski definition) is 3. The number of halogens is 1. The zero-order valence-corrected chi connectivity index (χ0v) is 15.8. The number of nitrogens with one attached hydrogen (secondary N) is 1. The molecule has 0 spiro atoms. The van der Waals surface area contributed by atoms with Gasteiger partial charge in [0.15, 0.2) is 0 Å². The first-order valence-corrected chi connectivity index (χ1v) is 9.82. The maximum atomic E-state index is 12.0. The highest BCUT2D eigenvalue weighted by Crippen LogP contribution is 2.26. The van der Waals surface area contributed by atoms with Crippen LogP contribution in [0.1, 0.15) is 12.0 Å². The molecule has 1 amide bonds. The van der Waals surface area contributed by atoms with Gasteiger partial charge in [-0.2, -0.15) is 5.10 Å². The van der Waals surface area contributed by atoms with Crippen LogP contribution in [0.5, 0.6) is 0 Å². The third-order valence-electron chi connectivity index (χ3n) is 3.82. The van der Waals surface area contributed by atoms with Gasteiger partial charge >= 0.3 is 0 Å². The van der Waals surface area contributed by atoms with Crippen LogP contribution >= 0.6 is 23.4 Å². The lowest BCUT2D eigenvalue weighted by Gasteiger charge is -2.05. The molecule has 3 aromatic rings. The molecule has 2 aromatic carbocycles. The standard InChI is InChI=1S/C20H20ClN3OS/c21-18-8-4-5-9-19(18)26-13-11-20(25)22-12-10-16-14-23-24(15-16)17-6-2-1-3-7-17/h1-9,14-15H,10-13H2,(H,22,25). The smallest absolute Gasteiger partial charge is 0.220 e. The van der Waals surface area contributed by atoms with E-state index in [0.29, 0.717) is 18.7 Å². The van der Waals surface area contributed by atoms with Gasteiger partial charge in [0.05, 0.1) is 16.9 Å². The highest BCUT2D eigenvalue weighted by Gasteiger charge is 2.05. The number of amides is 1. The van der Waals surface area contributed by atoms with Crippen LogP contribution in [0, 0.1) is 0 Å². The first kappa shape index (κ1) is 18.5. The Kier molecular flexibility index (Phi) is 6.75. The fourth-order valence-corrected chi connectivity index (χ4v) is 3.65. The maximum absolute atomic E-state index is 12.0. The molecule has 0 saturated carbocycles. The van der Waals surface area contributed by atoms with Crippen LogP contribution in [0.3, 0.4) is 0 Å². The summed E-state index contributed by atoms with van der Waals surface area (Å²) in [4.78, 5) is 13.0. The molecule has 0 unspecified atom stereocenters. The predicted molar refractivity (Wildman–Crippen MR) is 107 cm³/mol. The molecule has 1 heterocycles. The number of rotatable bonds is 8. The Hall–Kier alpha value is -2.24. The SMILES string of the molecule is O=C(CCSc1ccccc1Cl)NCCc1cnn(-c2ccccc2)c1. The Labute approximate surface area is 162 Å². The molecule has 0 aliphatic rings. The van der Waals surface area contributed by atoms with Crippen LogP contribution in [0.4, 0.5) is 0 Å². The van der Waals surface area contributed by atoms with E-state index in [1.54, 1.807) is 11.8 Å². The number of aromatic nitrogens is 2. The van der Waals surface area contributed by atoms with E-state index in [4.69, 9.17) is 11.6 Å². The van der Waals surface area contributed by atoms with Crippen molar-refractivity contribution < 1.29 is 4.79 Å². The summed E-state index contributed by atoms with van der Waals surface area (Å²) in [6, 6.07) is 17.6. The quantitative estimate of drug-likeness (QED) is 0.586. The number of carbonyl (C=O) groups excluding carboxylic acids is 1.